The van der Waals surface area contributed by atoms with Crippen LogP contribution in [0.1, 0.15) is 68.2 Å². The van der Waals surface area contributed by atoms with Gasteiger partial charge in [-0.15, -0.1) is 0 Å². The van der Waals surface area contributed by atoms with Crippen LogP contribution in [-0.4, -0.2) is 30.2 Å². The van der Waals surface area contributed by atoms with Crippen molar-refractivity contribution in [2.24, 2.45) is 11.8 Å². The summed E-state index contributed by atoms with van der Waals surface area (Å²) in [6.45, 7) is 19.2. The van der Waals surface area contributed by atoms with E-state index in [9.17, 15) is 14.0 Å². The van der Waals surface area contributed by atoms with Gasteiger partial charge < -0.3 is 4.74 Å². The Morgan fingerprint density at radius 2 is 1.73 bits per heavy atom. The Balaban J connectivity index is 6.19. The molecule has 0 aliphatic carbocycles. The van der Waals surface area contributed by atoms with Crippen molar-refractivity contribution in [1.82, 2.24) is 0 Å². The Labute approximate surface area is 185 Å². The van der Waals surface area contributed by atoms with Gasteiger partial charge in [0, 0.05) is 24.2 Å². The normalized spacial score (nSPS) is 16.8. The summed E-state index contributed by atoms with van der Waals surface area (Å²) in [6.07, 6.45) is 4.43. The number of halogens is 1. The van der Waals surface area contributed by atoms with Crippen LogP contribution in [0, 0.1) is 11.8 Å². The molecular weight excluding hydrogens is 398 g/mol. The molecule has 0 aliphatic rings. The molecule has 0 heterocycles. The zero-order valence-corrected chi connectivity index (χ0v) is 21.2. The van der Waals surface area contributed by atoms with Gasteiger partial charge in [0.15, 0.2) is 11.6 Å². The van der Waals surface area contributed by atoms with E-state index >= 15 is 0 Å². The summed E-state index contributed by atoms with van der Waals surface area (Å²) in [5, 5.41) is -1.65. The quantitative estimate of drug-likeness (QED) is 0.142. The average molecular weight is 439 g/mol. The summed E-state index contributed by atoms with van der Waals surface area (Å²) in [4.78, 5) is 25.5. The van der Waals surface area contributed by atoms with Crippen molar-refractivity contribution in [3.05, 3.63) is 46.6 Å². The number of Topliss-reactive ketones (excluding diaryl/α,β-unsaturated/α-hetero) is 2. The molecule has 5 heteroatoms. The third-order valence-electron chi connectivity index (χ3n) is 5.02. The van der Waals surface area contributed by atoms with E-state index in [0.29, 0.717) is 53.4 Å². The first-order chi connectivity index (χ1) is 13.7. The molecule has 0 bridgehead atoms. The van der Waals surface area contributed by atoms with E-state index in [2.05, 4.69) is 29.7 Å². The summed E-state index contributed by atoms with van der Waals surface area (Å²) >= 11 is 0. The third-order valence-corrected chi connectivity index (χ3v) is 5.33. The minimum absolute atomic E-state index is 0.0400. The predicted octanol–water partition coefficient (Wildman–Crippen LogP) is 6.56. The fourth-order valence-electron chi connectivity index (χ4n) is 2.93. The standard InChI is InChI=1S/C25H40FO3P/c1-10-18(6)21(11-12-23(17(4)5)25(9,26)30)24(28)22(19(7)20(8)27)13-14-29-15-16(2)3/h11-12,16,18H,4,10,13-15,30H2,1-3,5-9H3/b21-11+,22-19-,23-12+. The number of allylic oxidation sites excluding steroid dienone is 6. The van der Waals surface area contributed by atoms with E-state index in [4.69, 9.17) is 4.74 Å². The van der Waals surface area contributed by atoms with Crippen LogP contribution >= 0.6 is 9.24 Å². The molecule has 0 radical (unpaired) electrons. The summed E-state index contributed by atoms with van der Waals surface area (Å²) in [5.74, 6) is 0.0454. The van der Waals surface area contributed by atoms with E-state index in [1.807, 2.05) is 13.8 Å². The van der Waals surface area contributed by atoms with E-state index in [-0.39, 0.29) is 17.5 Å². The molecule has 0 N–H and O–H groups in total. The maximum atomic E-state index is 14.6. The molecule has 0 aromatic heterocycles. The lowest BCUT2D eigenvalue weighted by Crippen LogP contribution is -2.18. The lowest BCUT2D eigenvalue weighted by molar-refractivity contribution is -0.115. The average Bonchev–Trinajstić information content (AvgIpc) is 2.61. The highest BCUT2D eigenvalue weighted by Crippen LogP contribution is 2.33. The van der Waals surface area contributed by atoms with Crippen molar-refractivity contribution in [3.63, 3.8) is 0 Å². The summed E-state index contributed by atoms with van der Waals surface area (Å²) in [6, 6.07) is 0. The van der Waals surface area contributed by atoms with Crippen molar-refractivity contribution in [1.29, 1.82) is 0 Å². The fourth-order valence-corrected chi connectivity index (χ4v) is 3.27. The Morgan fingerprint density at radius 3 is 2.13 bits per heavy atom. The monoisotopic (exact) mass is 438 g/mol. The number of hydrogen-bond donors (Lipinski definition) is 0. The SMILES string of the molecule is C=C(C)/C(=C\C=C(\C(=O)/C(CCOCC(C)C)=C(/C)C(C)=O)C(C)CC)C(C)(F)P. The molecule has 30 heavy (non-hydrogen) atoms. The van der Waals surface area contributed by atoms with Crippen LogP contribution < -0.4 is 0 Å². The smallest absolute Gasteiger partial charge is 0.185 e. The highest BCUT2D eigenvalue weighted by Gasteiger charge is 2.25. The molecule has 170 valence electrons. The molecule has 0 fully saturated rings. The number of hydrogen-bond acceptors (Lipinski definition) is 3. The zero-order valence-electron chi connectivity index (χ0n) is 20.0. The molecule has 0 aromatic rings. The van der Waals surface area contributed by atoms with Gasteiger partial charge >= 0.3 is 0 Å². The lowest BCUT2D eigenvalue weighted by Gasteiger charge is -2.20. The van der Waals surface area contributed by atoms with Crippen LogP contribution in [0.2, 0.25) is 0 Å². The van der Waals surface area contributed by atoms with Gasteiger partial charge in [-0.1, -0.05) is 61.2 Å². The topological polar surface area (TPSA) is 43.4 Å². The number of alkyl halides is 1. The molecule has 3 atom stereocenters. The maximum Gasteiger partial charge on any atom is 0.185 e. The minimum Gasteiger partial charge on any atom is -0.381 e. The molecule has 3 nitrogen and oxygen atoms in total. The van der Waals surface area contributed by atoms with Gasteiger partial charge in [-0.3, -0.25) is 9.59 Å². The molecular formula is C25H40FO3P. The van der Waals surface area contributed by atoms with Crippen LogP contribution in [0.4, 0.5) is 4.39 Å². The van der Waals surface area contributed by atoms with Gasteiger partial charge in [-0.25, -0.2) is 4.39 Å². The second-order valence-corrected chi connectivity index (χ2v) is 9.66. The van der Waals surface area contributed by atoms with Gasteiger partial charge in [0.25, 0.3) is 0 Å². The van der Waals surface area contributed by atoms with Crippen molar-refractivity contribution >= 4 is 20.8 Å². The molecule has 0 spiro atoms. The van der Waals surface area contributed by atoms with Crippen molar-refractivity contribution in [3.8, 4) is 0 Å². The number of carbonyl (C=O) groups is 2. The Hall–Kier alpha value is -1.38. The van der Waals surface area contributed by atoms with Crippen LogP contribution in [0.5, 0.6) is 0 Å². The Bertz CT molecular complexity index is 721. The zero-order chi connectivity index (χ0) is 23.6. The van der Waals surface area contributed by atoms with Crippen molar-refractivity contribution in [2.45, 2.75) is 73.6 Å². The van der Waals surface area contributed by atoms with E-state index < -0.39 is 5.41 Å². The van der Waals surface area contributed by atoms with Crippen molar-refractivity contribution in [2.75, 3.05) is 13.2 Å². The first kappa shape index (κ1) is 28.6. The number of rotatable bonds is 13. The van der Waals surface area contributed by atoms with Crippen LogP contribution in [0.3, 0.4) is 0 Å². The highest BCUT2D eigenvalue weighted by molar-refractivity contribution is 7.19. The van der Waals surface area contributed by atoms with Crippen LogP contribution in [0.15, 0.2) is 46.6 Å². The van der Waals surface area contributed by atoms with Gasteiger partial charge in [0.05, 0.1) is 6.61 Å². The summed E-state index contributed by atoms with van der Waals surface area (Å²) < 4.78 is 20.2. The Kier molecular flexibility index (Phi) is 12.5. The van der Waals surface area contributed by atoms with Crippen molar-refractivity contribution < 1.29 is 18.7 Å². The lowest BCUT2D eigenvalue weighted by atomic mass is 9.87. The highest BCUT2D eigenvalue weighted by atomic mass is 31.0. The van der Waals surface area contributed by atoms with Gasteiger partial charge in [0.2, 0.25) is 0 Å². The van der Waals surface area contributed by atoms with E-state index in [0.717, 1.165) is 6.42 Å². The third kappa shape index (κ3) is 9.62. The summed E-state index contributed by atoms with van der Waals surface area (Å²) in [7, 11) is 2.17. The largest absolute Gasteiger partial charge is 0.381 e. The van der Waals surface area contributed by atoms with Crippen LogP contribution in [0.25, 0.3) is 0 Å². The molecule has 0 saturated heterocycles. The second-order valence-electron chi connectivity index (χ2n) is 8.58. The summed E-state index contributed by atoms with van der Waals surface area (Å²) in [5.41, 5.74) is 2.49. The number of carbonyl (C=O) groups excluding carboxylic acids is 2. The molecule has 0 aliphatic heterocycles. The molecule has 0 saturated carbocycles. The van der Waals surface area contributed by atoms with Gasteiger partial charge in [-0.05, 0) is 57.1 Å². The predicted molar refractivity (Wildman–Crippen MR) is 128 cm³/mol. The first-order valence-corrected chi connectivity index (χ1v) is 11.2. The fraction of sp³-hybridized carbons (Fsp3) is 0.600. The van der Waals surface area contributed by atoms with Gasteiger partial charge in [0.1, 0.15) is 5.41 Å². The maximum absolute atomic E-state index is 14.6. The second kappa shape index (κ2) is 13.1. The minimum atomic E-state index is -1.65. The van der Waals surface area contributed by atoms with E-state index in [1.54, 1.807) is 26.0 Å². The van der Waals surface area contributed by atoms with Crippen LogP contribution in [-0.2, 0) is 14.3 Å². The van der Waals surface area contributed by atoms with Gasteiger partial charge in [-0.2, -0.15) is 0 Å². The molecule has 0 rings (SSSR count). The first-order valence-electron chi connectivity index (χ1n) is 10.6. The molecule has 3 unspecified atom stereocenters. The van der Waals surface area contributed by atoms with E-state index in [1.165, 1.54) is 13.8 Å². The molecule has 0 amide bonds. The molecule has 0 aromatic carbocycles. The Morgan fingerprint density at radius 1 is 1.17 bits per heavy atom. The number of ketones is 2. The number of ether oxygens (including phenoxy) is 1.